The molecule has 1 saturated carbocycles. The number of benzene rings is 2. The molecular formula is C28H34N4OS2. The summed E-state index contributed by atoms with van der Waals surface area (Å²) < 4.78 is 0.919. The molecule has 0 radical (unpaired) electrons. The minimum absolute atomic E-state index is 0.00961. The van der Waals surface area contributed by atoms with Crippen molar-refractivity contribution in [2.24, 2.45) is 0 Å². The number of rotatable bonds is 7. The topological polar surface area (TPSA) is 48.5 Å². The predicted octanol–water partition coefficient (Wildman–Crippen LogP) is 6.30. The van der Waals surface area contributed by atoms with Crippen molar-refractivity contribution in [2.45, 2.75) is 49.4 Å². The van der Waals surface area contributed by atoms with Gasteiger partial charge in [0.25, 0.3) is 0 Å². The van der Waals surface area contributed by atoms with Gasteiger partial charge in [-0.15, -0.1) is 11.3 Å². The van der Waals surface area contributed by atoms with Gasteiger partial charge in [0.2, 0.25) is 5.91 Å². The van der Waals surface area contributed by atoms with Crippen LogP contribution in [0.5, 0.6) is 0 Å². The molecule has 1 aliphatic heterocycles. The molecule has 0 atom stereocenters. The Balaban J connectivity index is 1.15. The van der Waals surface area contributed by atoms with E-state index in [-0.39, 0.29) is 5.91 Å². The molecule has 2 heterocycles. The minimum atomic E-state index is 0.00961. The molecule has 1 amide bonds. The second-order valence-corrected chi connectivity index (χ2v) is 11.6. The fourth-order valence-corrected chi connectivity index (χ4v) is 6.76. The Labute approximate surface area is 216 Å². The number of piperazine rings is 1. The van der Waals surface area contributed by atoms with Crippen molar-refractivity contribution in [1.82, 2.24) is 9.88 Å². The maximum Gasteiger partial charge on any atom is 0.234 e. The second-order valence-electron chi connectivity index (χ2n) is 9.53. The van der Waals surface area contributed by atoms with Crippen LogP contribution in [-0.4, -0.2) is 53.8 Å². The molecule has 5 rings (SSSR count). The van der Waals surface area contributed by atoms with Crippen LogP contribution in [0, 0.1) is 6.92 Å². The van der Waals surface area contributed by atoms with E-state index in [1.807, 2.05) is 12.1 Å². The van der Waals surface area contributed by atoms with Crippen molar-refractivity contribution in [1.29, 1.82) is 0 Å². The largest absolute Gasteiger partial charge is 0.367 e. The second kappa shape index (κ2) is 11.6. The Kier molecular flexibility index (Phi) is 8.06. The number of thioether (sulfide) groups is 1. The molecule has 7 heteroatoms. The van der Waals surface area contributed by atoms with E-state index in [4.69, 9.17) is 4.98 Å². The van der Waals surface area contributed by atoms with Gasteiger partial charge in [-0.2, -0.15) is 0 Å². The third-order valence-corrected chi connectivity index (χ3v) is 9.10. The summed E-state index contributed by atoms with van der Waals surface area (Å²) >= 11 is 3.09. The average Bonchev–Trinajstić information content (AvgIpc) is 3.38. The number of anilines is 2. The fraction of sp³-hybridized carbons (Fsp3) is 0.429. The van der Waals surface area contributed by atoms with Crippen molar-refractivity contribution in [2.75, 3.05) is 42.1 Å². The summed E-state index contributed by atoms with van der Waals surface area (Å²) in [5, 5.41) is 5.22. The Morgan fingerprint density at radius 3 is 2.54 bits per heavy atom. The summed E-state index contributed by atoms with van der Waals surface area (Å²) in [6, 6.07) is 17.4. The van der Waals surface area contributed by atoms with E-state index in [9.17, 15) is 4.79 Å². The van der Waals surface area contributed by atoms with Gasteiger partial charge in [-0.05, 0) is 31.9 Å². The van der Waals surface area contributed by atoms with Gasteiger partial charge in [0.15, 0.2) is 4.34 Å². The van der Waals surface area contributed by atoms with Gasteiger partial charge in [0, 0.05) is 43.2 Å². The fourth-order valence-electron chi connectivity index (χ4n) is 5.12. The number of thiazole rings is 1. The first-order chi connectivity index (χ1) is 17.2. The predicted molar refractivity (Wildman–Crippen MR) is 149 cm³/mol. The lowest BCUT2D eigenvalue weighted by Gasteiger charge is -2.42. The number of hydrogen-bond donors (Lipinski definition) is 1. The SMILES string of the molecule is Cc1ccc(-c2csc(SCC(=O)Nc3ccccc3N3CCN(C4CCCCC4)CC3)n2)cc1. The highest BCUT2D eigenvalue weighted by Crippen LogP contribution is 2.31. The molecule has 1 aromatic heterocycles. The Morgan fingerprint density at radius 2 is 1.77 bits per heavy atom. The molecule has 5 nitrogen and oxygen atoms in total. The standard InChI is InChI=1S/C28H34N4OS2/c1-21-11-13-22(14-12-21)25-19-34-28(30-25)35-20-27(33)29-24-9-5-6-10-26(24)32-17-15-31(16-18-32)23-7-3-2-4-8-23/h5-6,9-14,19,23H,2-4,7-8,15-18,20H2,1H3,(H,29,33). The molecule has 1 saturated heterocycles. The van der Waals surface area contributed by atoms with Crippen molar-refractivity contribution in [3.8, 4) is 11.3 Å². The molecule has 0 unspecified atom stereocenters. The summed E-state index contributed by atoms with van der Waals surface area (Å²) in [4.78, 5) is 22.6. The molecule has 1 aliphatic carbocycles. The number of carbonyl (C=O) groups is 1. The van der Waals surface area contributed by atoms with E-state index >= 15 is 0 Å². The number of para-hydroxylation sites is 2. The molecule has 0 bridgehead atoms. The van der Waals surface area contributed by atoms with Crippen molar-refractivity contribution < 1.29 is 4.79 Å². The van der Waals surface area contributed by atoms with Crippen molar-refractivity contribution >= 4 is 40.4 Å². The number of carbonyl (C=O) groups excluding carboxylic acids is 1. The Morgan fingerprint density at radius 1 is 1.03 bits per heavy atom. The van der Waals surface area contributed by atoms with Crippen LogP contribution in [0.1, 0.15) is 37.7 Å². The Hall–Kier alpha value is -2.35. The molecule has 184 valence electrons. The average molecular weight is 507 g/mol. The maximum atomic E-state index is 12.8. The first kappa shape index (κ1) is 24.3. The van der Waals surface area contributed by atoms with Crippen LogP contribution >= 0.6 is 23.1 Å². The van der Waals surface area contributed by atoms with Crippen LogP contribution in [0.4, 0.5) is 11.4 Å². The zero-order chi connectivity index (χ0) is 24.0. The van der Waals surface area contributed by atoms with Gasteiger partial charge in [0.05, 0.1) is 22.8 Å². The number of aromatic nitrogens is 1. The molecule has 1 N–H and O–H groups in total. The molecule has 35 heavy (non-hydrogen) atoms. The highest BCUT2D eigenvalue weighted by molar-refractivity contribution is 8.01. The van der Waals surface area contributed by atoms with Crippen LogP contribution in [0.15, 0.2) is 58.3 Å². The van der Waals surface area contributed by atoms with Crippen molar-refractivity contribution in [3.05, 3.63) is 59.5 Å². The zero-order valence-electron chi connectivity index (χ0n) is 20.4. The number of nitrogens with zero attached hydrogens (tertiary/aromatic N) is 3. The number of amides is 1. The van der Waals surface area contributed by atoms with E-state index in [2.05, 4.69) is 63.8 Å². The zero-order valence-corrected chi connectivity index (χ0v) is 22.0. The third kappa shape index (κ3) is 6.26. The summed E-state index contributed by atoms with van der Waals surface area (Å²) in [5.74, 6) is 0.361. The lowest BCUT2D eigenvalue weighted by molar-refractivity contribution is -0.113. The van der Waals surface area contributed by atoms with Gasteiger partial charge in [-0.1, -0.05) is 73.0 Å². The summed E-state index contributed by atoms with van der Waals surface area (Å²) in [7, 11) is 0. The summed E-state index contributed by atoms with van der Waals surface area (Å²) in [6.07, 6.45) is 6.88. The monoisotopic (exact) mass is 506 g/mol. The molecule has 2 aliphatic rings. The highest BCUT2D eigenvalue weighted by atomic mass is 32.2. The molecule has 2 fully saturated rings. The first-order valence-electron chi connectivity index (χ1n) is 12.7. The molecule has 0 spiro atoms. The maximum absolute atomic E-state index is 12.8. The molecule has 2 aromatic carbocycles. The lowest BCUT2D eigenvalue weighted by atomic mass is 9.94. The van der Waals surface area contributed by atoms with E-state index in [1.165, 1.54) is 49.4 Å². The van der Waals surface area contributed by atoms with Crippen LogP contribution in [0.25, 0.3) is 11.3 Å². The van der Waals surface area contributed by atoms with E-state index in [0.29, 0.717) is 5.75 Å². The van der Waals surface area contributed by atoms with Gasteiger partial charge >= 0.3 is 0 Å². The number of nitrogens with one attached hydrogen (secondary N) is 1. The summed E-state index contributed by atoms with van der Waals surface area (Å²) in [6.45, 7) is 6.32. The quantitative estimate of drug-likeness (QED) is 0.381. The van der Waals surface area contributed by atoms with Gasteiger partial charge in [-0.3, -0.25) is 9.69 Å². The Bertz CT molecular complexity index is 1120. The molecule has 3 aromatic rings. The van der Waals surface area contributed by atoms with Gasteiger partial charge < -0.3 is 10.2 Å². The number of hydrogen-bond acceptors (Lipinski definition) is 6. The van der Waals surface area contributed by atoms with Crippen LogP contribution in [-0.2, 0) is 4.79 Å². The number of aryl methyl sites for hydroxylation is 1. The summed E-state index contributed by atoms with van der Waals surface area (Å²) in [5.41, 5.74) is 5.35. The van der Waals surface area contributed by atoms with Crippen molar-refractivity contribution in [3.63, 3.8) is 0 Å². The minimum Gasteiger partial charge on any atom is -0.367 e. The first-order valence-corrected chi connectivity index (χ1v) is 14.6. The molecular weight excluding hydrogens is 472 g/mol. The van der Waals surface area contributed by atoms with Gasteiger partial charge in [0.1, 0.15) is 0 Å². The lowest BCUT2D eigenvalue weighted by Crippen LogP contribution is -2.51. The highest BCUT2D eigenvalue weighted by Gasteiger charge is 2.26. The van der Waals surface area contributed by atoms with E-state index in [1.54, 1.807) is 11.3 Å². The third-order valence-electron chi connectivity index (χ3n) is 7.08. The van der Waals surface area contributed by atoms with E-state index < -0.39 is 0 Å². The van der Waals surface area contributed by atoms with Gasteiger partial charge in [-0.25, -0.2) is 4.98 Å². The smallest absolute Gasteiger partial charge is 0.234 e. The normalized spacial score (nSPS) is 17.5. The van der Waals surface area contributed by atoms with E-state index in [0.717, 1.165) is 59.2 Å². The van der Waals surface area contributed by atoms with Crippen LogP contribution in [0.2, 0.25) is 0 Å². The van der Waals surface area contributed by atoms with Crippen LogP contribution in [0.3, 0.4) is 0 Å². The van der Waals surface area contributed by atoms with Crippen LogP contribution < -0.4 is 10.2 Å².